The van der Waals surface area contributed by atoms with Gasteiger partial charge in [0.15, 0.2) is 0 Å². The summed E-state index contributed by atoms with van der Waals surface area (Å²) in [5, 5.41) is 3.54. The van der Waals surface area contributed by atoms with Crippen LogP contribution in [0.5, 0.6) is 0 Å². The van der Waals surface area contributed by atoms with Gasteiger partial charge >= 0.3 is 0 Å². The predicted octanol–water partition coefficient (Wildman–Crippen LogP) is 2.72. The van der Waals surface area contributed by atoms with Crippen molar-refractivity contribution in [2.45, 2.75) is 64.5 Å². The van der Waals surface area contributed by atoms with Crippen LogP contribution in [0.25, 0.3) is 0 Å². The second-order valence-corrected chi connectivity index (χ2v) is 4.90. The van der Waals surface area contributed by atoms with Gasteiger partial charge in [-0.05, 0) is 46.1 Å². The van der Waals surface area contributed by atoms with E-state index in [2.05, 4.69) is 26.1 Å². The van der Waals surface area contributed by atoms with E-state index >= 15 is 0 Å². The van der Waals surface area contributed by atoms with Gasteiger partial charge in [-0.15, -0.1) is 0 Å². The van der Waals surface area contributed by atoms with E-state index in [-0.39, 0.29) is 5.60 Å². The summed E-state index contributed by atoms with van der Waals surface area (Å²) >= 11 is 0. The summed E-state index contributed by atoms with van der Waals surface area (Å²) in [5.74, 6) is 0. The van der Waals surface area contributed by atoms with Crippen LogP contribution in [0.3, 0.4) is 0 Å². The normalized spacial score (nSPS) is 23.8. The topological polar surface area (TPSA) is 21.3 Å². The summed E-state index contributed by atoms with van der Waals surface area (Å²) in [6.45, 7) is 8.61. The quantitative estimate of drug-likeness (QED) is 0.735. The third-order valence-corrected chi connectivity index (χ3v) is 3.22. The van der Waals surface area contributed by atoms with Crippen LogP contribution in [0.1, 0.15) is 52.9 Å². The lowest BCUT2D eigenvalue weighted by Crippen LogP contribution is -2.36. The Morgan fingerprint density at radius 1 is 1.36 bits per heavy atom. The first-order valence-electron chi connectivity index (χ1n) is 6.01. The lowest BCUT2D eigenvalue weighted by molar-refractivity contribution is -0.0245. The number of rotatable bonds is 5. The second kappa shape index (κ2) is 5.72. The van der Waals surface area contributed by atoms with Gasteiger partial charge in [-0.1, -0.05) is 13.3 Å². The summed E-state index contributed by atoms with van der Waals surface area (Å²) in [7, 11) is 0. The van der Waals surface area contributed by atoms with Gasteiger partial charge in [0.05, 0.1) is 5.60 Å². The molecular weight excluding hydrogens is 174 g/mol. The third-order valence-electron chi connectivity index (χ3n) is 3.22. The summed E-state index contributed by atoms with van der Waals surface area (Å²) in [6.07, 6.45) is 6.32. The number of nitrogens with one attached hydrogen (secondary N) is 1. The average molecular weight is 199 g/mol. The number of ether oxygens (including phenoxy) is 1. The van der Waals surface area contributed by atoms with E-state index in [9.17, 15) is 0 Å². The molecule has 0 bridgehead atoms. The Bertz CT molecular complexity index is 150. The zero-order chi connectivity index (χ0) is 10.4. The van der Waals surface area contributed by atoms with Crippen molar-refractivity contribution >= 4 is 0 Å². The Morgan fingerprint density at radius 2 is 2.14 bits per heavy atom. The number of piperidine rings is 1. The van der Waals surface area contributed by atoms with Crippen molar-refractivity contribution in [3.8, 4) is 0 Å². The molecule has 0 aromatic heterocycles. The molecule has 1 aliphatic heterocycles. The molecule has 1 unspecified atom stereocenters. The zero-order valence-electron chi connectivity index (χ0n) is 9.94. The molecular formula is C12H25NO. The molecule has 84 valence electrons. The van der Waals surface area contributed by atoms with Crippen molar-refractivity contribution in [2.75, 3.05) is 13.2 Å². The summed E-state index contributed by atoms with van der Waals surface area (Å²) in [4.78, 5) is 0. The first kappa shape index (κ1) is 12.0. The molecule has 0 aromatic carbocycles. The van der Waals surface area contributed by atoms with Crippen LogP contribution in [0.15, 0.2) is 0 Å². The summed E-state index contributed by atoms with van der Waals surface area (Å²) in [6, 6.07) is 0.705. The largest absolute Gasteiger partial charge is 0.376 e. The van der Waals surface area contributed by atoms with Crippen LogP contribution in [-0.4, -0.2) is 24.8 Å². The number of hydrogen-bond acceptors (Lipinski definition) is 2. The fourth-order valence-corrected chi connectivity index (χ4v) is 1.75. The van der Waals surface area contributed by atoms with Gasteiger partial charge in [-0.3, -0.25) is 0 Å². The molecule has 1 atom stereocenters. The third kappa shape index (κ3) is 4.43. The van der Waals surface area contributed by atoms with E-state index in [0.29, 0.717) is 6.04 Å². The first-order chi connectivity index (χ1) is 6.64. The van der Waals surface area contributed by atoms with E-state index in [0.717, 1.165) is 13.0 Å². The monoisotopic (exact) mass is 199 g/mol. The Morgan fingerprint density at radius 3 is 2.71 bits per heavy atom. The lowest BCUT2D eigenvalue weighted by Gasteiger charge is -2.27. The molecule has 1 saturated heterocycles. The van der Waals surface area contributed by atoms with Gasteiger partial charge in [0.2, 0.25) is 0 Å². The molecule has 1 heterocycles. The zero-order valence-corrected chi connectivity index (χ0v) is 9.94. The minimum atomic E-state index is 0.0642. The minimum absolute atomic E-state index is 0.0642. The van der Waals surface area contributed by atoms with E-state index in [1.54, 1.807) is 0 Å². The van der Waals surface area contributed by atoms with E-state index in [1.165, 1.54) is 32.2 Å². The van der Waals surface area contributed by atoms with Crippen molar-refractivity contribution < 1.29 is 4.74 Å². The van der Waals surface area contributed by atoms with E-state index in [1.807, 2.05) is 0 Å². The SMILES string of the molecule is CCC(C)(C)OCCC1CCCCN1. The maximum atomic E-state index is 5.84. The molecule has 0 saturated carbocycles. The molecule has 1 rings (SSSR count). The molecule has 14 heavy (non-hydrogen) atoms. The highest BCUT2D eigenvalue weighted by Gasteiger charge is 2.17. The lowest BCUT2D eigenvalue weighted by atomic mass is 10.0. The van der Waals surface area contributed by atoms with Crippen LogP contribution in [-0.2, 0) is 4.74 Å². The predicted molar refractivity (Wildman–Crippen MR) is 60.6 cm³/mol. The Kier molecular flexibility index (Phi) is 4.90. The molecule has 1 aliphatic rings. The van der Waals surface area contributed by atoms with E-state index in [4.69, 9.17) is 4.74 Å². The average Bonchev–Trinajstić information content (AvgIpc) is 2.19. The maximum absolute atomic E-state index is 5.84. The van der Waals surface area contributed by atoms with Crippen molar-refractivity contribution in [3.63, 3.8) is 0 Å². The Labute approximate surface area is 88.4 Å². The van der Waals surface area contributed by atoms with E-state index < -0.39 is 0 Å². The van der Waals surface area contributed by atoms with Crippen LogP contribution >= 0.6 is 0 Å². The fourth-order valence-electron chi connectivity index (χ4n) is 1.75. The van der Waals surface area contributed by atoms with Gasteiger partial charge in [0.1, 0.15) is 0 Å². The minimum Gasteiger partial charge on any atom is -0.376 e. The second-order valence-electron chi connectivity index (χ2n) is 4.90. The van der Waals surface area contributed by atoms with Crippen molar-refractivity contribution in [1.82, 2.24) is 5.32 Å². The smallest absolute Gasteiger partial charge is 0.0623 e. The van der Waals surface area contributed by atoms with Gasteiger partial charge in [-0.2, -0.15) is 0 Å². The highest BCUT2D eigenvalue weighted by molar-refractivity contribution is 4.73. The highest BCUT2D eigenvalue weighted by Crippen LogP contribution is 2.16. The molecule has 1 fully saturated rings. The van der Waals surface area contributed by atoms with Crippen molar-refractivity contribution in [2.24, 2.45) is 0 Å². The molecule has 2 nitrogen and oxygen atoms in total. The molecule has 1 N–H and O–H groups in total. The summed E-state index contributed by atoms with van der Waals surface area (Å²) < 4.78 is 5.84. The van der Waals surface area contributed by atoms with Gasteiger partial charge in [-0.25, -0.2) is 0 Å². The maximum Gasteiger partial charge on any atom is 0.0623 e. The number of hydrogen-bond donors (Lipinski definition) is 1. The van der Waals surface area contributed by atoms with Crippen molar-refractivity contribution in [3.05, 3.63) is 0 Å². The van der Waals surface area contributed by atoms with Gasteiger partial charge < -0.3 is 10.1 Å². The van der Waals surface area contributed by atoms with Crippen molar-refractivity contribution in [1.29, 1.82) is 0 Å². The van der Waals surface area contributed by atoms with Gasteiger partial charge in [0.25, 0.3) is 0 Å². The molecule has 0 aromatic rings. The van der Waals surface area contributed by atoms with Crippen LogP contribution in [0, 0.1) is 0 Å². The summed E-state index contributed by atoms with van der Waals surface area (Å²) in [5.41, 5.74) is 0.0642. The molecule has 0 radical (unpaired) electrons. The Balaban J connectivity index is 2.08. The molecule has 2 heteroatoms. The highest BCUT2D eigenvalue weighted by atomic mass is 16.5. The van der Waals surface area contributed by atoms with Crippen LogP contribution in [0.4, 0.5) is 0 Å². The first-order valence-corrected chi connectivity index (χ1v) is 6.01. The van der Waals surface area contributed by atoms with Gasteiger partial charge in [0, 0.05) is 12.6 Å². The molecule has 0 spiro atoms. The molecule has 0 amide bonds. The van der Waals surface area contributed by atoms with Crippen LogP contribution < -0.4 is 5.32 Å². The molecule has 0 aliphatic carbocycles. The fraction of sp³-hybridized carbons (Fsp3) is 1.00. The van der Waals surface area contributed by atoms with Crippen LogP contribution in [0.2, 0.25) is 0 Å². The standard InChI is InChI=1S/C12H25NO/c1-4-12(2,3)14-10-8-11-7-5-6-9-13-11/h11,13H,4-10H2,1-3H3. The Hall–Kier alpha value is -0.0800.